The summed E-state index contributed by atoms with van der Waals surface area (Å²) in [6.07, 6.45) is 6.49. The van der Waals surface area contributed by atoms with Crippen molar-refractivity contribution >= 4 is 11.6 Å². The van der Waals surface area contributed by atoms with Crippen LogP contribution in [-0.2, 0) is 17.8 Å². The molecule has 0 aromatic heterocycles. The summed E-state index contributed by atoms with van der Waals surface area (Å²) in [5.41, 5.74) is 3.89. The fourth-order valence-corrected chi connectivity index (χ4v) is 4.55. The summed E-state index contributed by atoms with van der Waals surface area (Å²) < 4.78 is 0. The van der Waals surface area contributed by atoms with Crippen LogP contribution in [0.5, 0.6) is 0 Å². The molecule has 0 radical (unpaired) electrons. The molecule has 2 aromatic rings. The van der Waals surface area contributed by atoms with Crippen molar-refractivity contribution < 1.29 is 4.79 Å². The van der Waals surface area contributed by atoms with Crippen LogP contribution in [-0.4, -0.2) is 30.4 Å². The van der Waals surface area contributed by atoms with Gasteiger partial charge in [0.2, 0.25) is 5.91 Å². The molecule has 0 unspecified atom stereocenters. The maximum Gasteiger partial charge on any atom is 0.227 e. The number of aryl methyl sites for hydroxylation is 1. The summed E-state index contributed by atoms with van der Waals surface area (Å²) in [4.78, 5) is 17.0. The largest absolute Gasteiger partial charge is 0.312 e. The Kier molecular flexibility index (Phi) is 5.88. The molecule has 1 fully saturated rings. The number of amides is 1. The number of anilines is 1. The summed E-state index contributed by atoms with van der Waals surface area (Å²) >= 11 is 0. The first kappa shape index (κ1) is 18.2. The van der Waals surface area contributed by atoms with Crippen LogP contribution in [0.3, 0.4) is 0 Å². The zero-order valence-corrected chi connectivity index (χ0v) is 16.1. The lowest BCUT2D eigenvalue weighted by atomic mass is 9.91. The number of carbonyl (C=O) groups is 1. The molecule has 0 N–H and O–H groups in total. The highest BCUT2D eigenvalue weighted by Gasteiger charge is 2.24. The molecule has 27 heavy (non-hydrogen) atoms. The summed E-state index contributed by atoms with van der Waals surface area (Å²) in [7, 11) is 0. The number of carbonyl (C=O) groups excluding carboxylic acids is 1. The van der Waals surface area contributed by atoms with Crippen LogP contribution in [0.1, 0.15) is 43.2 Å². The highest BCUT2D eigenvalue weighted by atomic mass is 16.2. The zero-order valence-electron chi connectivity index (χ0n) is 16.1. The first-order valence-electron chi connectivity index (χ1n) is 10.4. The lowest BCUT2D eigenvalue weighted by molar-refractivity contribution is -0.118. The van der Waals surface area contributed by atoms with E-state index < -0.39 is 0 Å². The van der Waals surface area contributed by atoms with Crippen LogP contribution in [0, 0.1) is 5.92 Å². The minimum atomic E-state index is 0.298. The molecule has 142 valence electrons. The highest BCUT2D eigenvalue weighted by Crippen LogP contribution is 2.29. The average Bonchev–Trinajstić information content (AvgIpc) is 2.72. The molecular formula is C24H30N2O. The van der Waals surface area contributed by atoms with E-state index in [1.54, 1.807) is 0 Å². The van der Waals surface area contributed by atoms with Gasteiger partial charge in [0, 0.05) is 25.2 Å². The number of fused-ring (bicyclic) bond motifs is 1. The molecule has 3 nitrogen and oxygen atoms in total. The Morgan fingerprint density at radius 2 is 1.63 bits per heavy atom. The molecule has 0 bridgehead atoms. The Morgan fingerprint density at radius 1 is 0.889 bits per heavy atom. The van der Waals surface area contributed by atoms with Gasteiger partial charge in [0.1, 0.15) is 0 Å². The number of hydrogen-bond donors (Lipinski definition) is 0. The minimum absolute atomic E-state index is 0.298. The van der Waals surface area contributed by atoms with E-state index in [2.05, 4.69) is 53.4 Å². The summed E-state index contributed by atoms with van der Waals surface area (Å²) in [6.45, 7) is 4.35. The number of piperidine rings is 1. The van der Waals surface area contributed by atoms with Crippen molar-refractivity contribution in [1.29, 1.82) is 0 Å². The second kappa shape index (κ2) is 8.71. The molecular weight excluding hydrogens is 332 g/mol. The zero-order chi connectivity index (χ0) is 18.5. The molecule has 2 aliphatic heterocycles. The fraction of sp³-hybridized carbons (Fsp3) is 0.458. The van der Waals surface area contributed by atoms with Gasteiger partial charge in [-0.3, -0.25) is 9.69 Å². The summed E-state index contributed by atoms with van der Waals surface area (Å²) in [5.74, 6) is 1.11. The van der Waals surface area contributed by atoms with Crippen LogP contribution < -0.4 is 4.90 Å². The van der Waals surface area contributed by atoms with E-state index in [4.69, 9.17) is 0 Å². The predicted octanol–water partition coefficient (Wildman–Crippen LogP) is 4.66. The molecule has 0 atom stereocenters. The Morgan fingerprint density at radius 3 is 2.44 bits per heavy atom. The number of nitrogens with zero attached hydrogens (tertiary/aromatic N) is 2. The molecule has 3 heteroatoms. The van der Waals surface area contributed by atoms with Crippen molar-refractivity contribution in [2.75, 3.05) is 24.5 Å². The van der Waals surface area contributed by atoms with Gasteiger partial charge in [-0.25, -0.2) is 0 Å². The number of likely N-dealkylation sites (tertiary alicyclic amines) is 1. The Balaban J connectivity index is 1.22. The maximum absolute atomic E-state index is 12.4. The van der Waals surface area contributed by atoms with Crippen LogP contribution >= 0.6 is 0 Å². The third kappa shape index (κ3) is 4.59. The molecule has 2 aromatic carbocycles. The van der Waals surface area contributed by atoms with E-state index in [1.807, 2.05) is 11.0 Å². The first-order valence-corrected chi connectivity index (χ1v) is 10.4. The number of para-hydroxylation sites is 1. The van der Waals surface area contributed by atoms with E-state index in [9.17, 15) is 4.79 Å². The van der Waals surface area contributed by atoms with Crippen molar-refractivity contribution in [2.45, 2.75) is 45.1 Å². The van der Waals surface area contributed by atoms with Gasteiger partial charge in [0.15, 0.2) is 0 Å². The minimum Gasteiger partial charge on any atom is -0.312 e. The molecule has 4 rings (SSSR count). The Labute approximate surface area is 163 Å². The average molecular weight is 363 g/mol. The van der Waals surface area contributed by atoms with Gasteiger partial charge in [-0.1, -0.05) is 48.5 Å². The van der Waals surface area contributed by atoms with Crippen molar-refractivity contribution in [1.82, 2.24) is 4.90 Å². The van der Waals surface area contributed by atoms with Gasteiger partial charge in [-0.2, -0.15) is 0 Å². The van der Waals surface area contributed by atoms with Crippen LogP contribution in [0.4, 0.5) is 5.69 Å². The van der Waals surface area contributed by atoms with Crippen molar-refractivity contribution in [3.05, 3.63) is 65.7 Å². The van der Waals surface area contributed by atoms with E-state index in [0.29, 0.717) is 12.3 Å². The number of benzene rings is 2. The third-order valence-corrected chi connectivity index (χ3v) is 6.14. The van der Waals surface area contributed by atoms with Crippen LogP contribution in [0.15, 0.2) is 54.6 Å². The monoisotopic (exact) mass is 362 g/mol. The first-order chi connectivity index (χ1) is 13.3. The van der Waals surface area contributed by atoms with Crippen molar-refractivity contribution in [3.63, 3.8) is 0 Å². The van der Waals surface area contributed by atoms with Gasteiger partial charge < -0.3 is 4.90 Å². The number of rotatable bonds is 6. The summed E-state index contributed by atoms with van der Waals surface area (Å²) in [6, 6.07) is 19.2. The molecule has 1 amide bonds. The molecule has 0 spiro atoms. The molecule has 0 saturated carbocycles. The third-order valence-electron chi connectivity index (χ3n) is 6.14. The topological polar surface area (TPSA) is 23.6 Å². The van der Waals surface area contributed by atoms with E-state index >= 15 is 0 Å². The van der Waals surface area contributed by atoms with Gasteiger partial charge in [0.25, 0.3) is 0 Å². The number of hydrogen-bond acceptors (Lipinski definition) is 2. The van der Waals surface area contributed by atoms with Gasteiger partial charge in [-0.05, 0) is 68.3 Å². The predicted molar refractivity (Wildman–Crippen MR) is 111 cm³/mol. The van der Waals surface area contributed by atoms with Gasteiger partial charge >= 0.3 is 0 Å². The van der Waals surface area contributed by atoms with E-state index in [0.717, 1.165) is 37.5 Å². The second-order valence-electron chi connectivity index (χ2n) is 8.02. The van der Waals surface area contributed by atoms with E-state index in [-0.39, 0.29) is 0 Å². The Bertz CT molecular complexity index is 750. The van der Waals surface area contributed by atoms with Crippen molar-refractivity contribution in [2.24, 2.45) is 5.92 Å². The highest BCUT2D eigenvalue weighted by molar-refractivity contribution is 5.96. The quantitative estimate of drug-likeness (QED) is 0.746. The smallest absolute Gasteiger partial charge is 0.227 e. The lowest BCUT2D eigenvalue weighted by Crippen LogP contribution is -2.36. The molecule has 1 saturated heterocycles. The second-order valence-corrected chi connectivity index (χ2v) is 8.02. The van der Waals surface area contributed by atoms with Gasteiger partial charge in [-0.15, -0.1) is 0 Å². The van der Waals surface area contributed by atoms with E-state index in [1.165, 1.54) is 43.5 Å². The van der Waals surface area contributed by atoms with Crippen LogP contribution in [0.2, 0.25) is 0 Å². The molecule has 2 heterocycles. The van der Waals surface area contributed by atoms with Gasteiger partial charge in [0.05, 0.1) is 0 Å². The van der Waals surface area contributed by atoms with Crippen LogP contribution in [0.25, 0.3) is 0 Å². The Hall–Kier alpha value is -2.13. The fourth-order valence-electron chi connectivity index (χ4n) is 4.55. The molecule has 2 aliphatic rings. The normalized spacial score (nSPS) is 18.5. The SMILES string of the molecule is O=C1CCc2ccccc2N1CCCC1CCN(Cc2ccccc2)CC1. The molecule has 0 aliphatic carbocycles. The summed E-state index contributed by atoms with van der Waals surface area (Å²) in [5, 5.41) is 0. The lowest BCUT2D eigenvalue weighted by Gasteiger charge is -2.33. The maximum atomic E-state index is 12.4. The van der Waals surface area contributed by atoms with Crippen molar-refractivity contribution in [3.8, 4) is 0 Å². The standard InChI is InChI=1S/C24H30N2O/c27-24-13-12-22-10-4-5-11-23(22)26(24)16-6-9-20-14-17-25(18-15-20)19-21-7-2-1-3-8-21/h1-5,7-8,10-11,20H,6,9,12-19H2.